The van der Waals surface area contributed by atoms with Crippen LogP contribution in [0.1, 0.15) is 25.3 Å². The van der Waals surface area contributed by atoms with Gasteiger partial charge < -0.3 is 10.0 Å². The Balaban J connectivity index is 2.43. The van der Waals surface area contributed by atoms with Gasteiger partial charge in [0.15, 0.2) is 0 Å². The van der Waals surface area contributed by atoms with Crippen molar-refractivity contribution in [3.05, 3.63) is 35.6 Å². The molecule has 0 saturated carbocycles. The summed E-state index contributed by atoms with van der Waals surface area (Å²) >= 11 is 0. The highest BCUT2D eigenvalue weighted by Crippen LogP contribution is 2.06. The van der Waals surface area contributed by atoms with Crippen molar-refractivity contribution in [3.63, 3.8) is 0 Å². The first-order chi connectivity index (χ1) is 8.61. The fourth-order valence-corrected chi connectivity index (χ4v) is 1.89. The second-order valence-corrected chi connectivity index (χ2v) is 4.37. The van der Waals surface area contributed by atoms with Crippen LogP contribution in [-0.4, -0.2) is 35.6 Å². The number of nitrogens with zero attached hydrogens (tertiary/aromatic N) is 1. The first kappa shape index (κ1) is 14.6. The highest BCUT2D eigenvalue weighted by Gasteiger charge is 2.07. The van der Waals surface area contributed by atoms with E-state index >= 15 is 0 Å². The number of hydrogen-bond donors (Lipinski definition) is 1. The molecule has 0 fully saturated rings. The molecule has 1 aromatic carbocycles. The first-order valence-electron chi connectivity index (χ1n) is 6.30. The fraction of sp³-hybridized carbons (Fsp3) is 0.500. The predicted molar refractivity (Wildman–Crippen MR) is 69.1 cm³/mol. The minimum atomic E-state index is -0.776. The summed E-state index contributed by atoms with van der Waals surface area (Å²) in [5, 5.41) is 8.68. The zero-order chi connectivity index (χ0) is 13.4. The number of benzene rings is 1. The Morgan fingerprint density at radius 1 is 1.33 bits per heavy atom. The molecule has 0 unspecified atom stereocenters. The summed E-state index contributed by atoms with van der Waals surface area (Å²) in [4.78, 5) is 12.7. The van der Waals surface area contributed by atoms with E-state index in [0.717, 1.165) is 31.5 Å². The minimum absolute atomic E-state index is 0.156. The van der Waals surface area contributed by atoms with Gasteiger partial charge in [0.05, 0.1) is 6.42 Å². The molecule has 0 aromatic heterocycles. The van der Waals surface area contributed by atoms with E-state index in [4.69, 9.17) is 5.11 Å². The van der Waals surface area contributed by atoms with Gasteiger partial charge in [-0.25, -0.2) is 4.39 Å². The molecule has 0 heterocycles. The van der Waals surface area contributed by atoms with Crippen molar-refractivity contribution in [3.8, 4) is 0 Å². The van der Waals surface area contributed by atoms with Crippen LogP contribution in [0.15, 0.2) is 24.3 Å². The summed E-state index contributed by atoms with van der Waals surface area (Å²) in [6.07, 6.45) is 1.89. The van der Waals surface area contributed by atoms with Gasteiger partial charge in [0.25, 0.3) is 0 Å². The molecule has 1 N–H and O–H groups in total. The molecule has 0 aliphatic rings. The average molecular weight is 253 g/mol. The van der Waals surface area contributed by atoms with Gasteiger partial charge in [-0.2, -0.15) is 0 Å². The minimum Gasteiger partial charge on any atom is -0.481 e. The van der Waals surface area contributed by atoms with Crippen molar-refractivity contribution in [1.82, 2.24) is 4.90 Å². The van der Waals surface area contributed by atoms with Crippen molar-refractivity contribution in [2.24, 2.45) is 0 Å². The van der Waals surface area contributed by atoms with Gasteiger partial charge in [0.2, 0.25) is 0 Å². The Morgan fingerprint density at radius 2 is 2.11 bits per heavy atom. The van der Waals surface area contributed by atoms with E-state index in [-0.39, 0.29) is 12.2 Å². The highest BCUT2D eigenvalue weighted by atomic mass is 19.1. The molecule has 0 aliphatic heterocycles. The number of halogens is 1. The van der Waals surface area contributed by atoms with Crippen molar-refractivity contribution in [1.29, 1.82) is 0 Å². The second-order valence-electron chi connectivity index (χ2n) is 4.37. The van der Waals surface area contributed by atoms with Gasteiger partial charge in [-0.05, 0) is 37.1 Å². The SMILES string of the molecule is CCCN(CCC(=O)O)CCc1cccc(F)c1. The number of aliphatic carboxylic acids is 1. The van der Waals surface area contributed by atoms with Gasteiger partial charge in [0, 0.05) is 13.1 Å². The molecule has 0 saturated heterocycles. The summed E-state index contributed by atoms with van der Waals surface area (Å²) in [7, 11) is 0. The van der Waals surface area contributed by atoms with Crippen molar-refractivity contribution in [2.75, 3.05) is 19.6 Å². The van der Waals surface area contributed by atoms with E-state index in [1.165, 1.54) is 12.1 Å². The molecular formula is C14H20FNO2. The van der Waals surface area contributed by atoms with E-state index in [0.29, 0.717) is 6.54 Å². The highest BCUT2D eigenvalue weighted by molar-refractivity contribution is 5.66. The lowest BCUT2D eigenvalue weighted by atomic mass is 10.1. The third-order valence-electron chi connectivity index (χ3n) is 2.79. The van der Waals surface area contributed by atoms with Gasteiger partial charge in [0.1, 0.15) is 5.82 Å². The zero-order valence-corrected chi connectivity index (χ0v) is 10.7. The molecule has 0 atom stereocenters. The maximum absolute atomic E-state index is 13.0. The molecule has 0 bridgehead atoms. The maximum atomic E-state index is 13.0. The molecule has 0 radical (unpaired) electrons. The van der Waals surface area contributed by atoms with Crippen LogP contribution < -0.4 is 0 Å². The van der Waals surface area contributed by atoms with Crippen molar-refractivity contribution >= 4 is 5.97 Å². The Morgan fingerprint density at radius 3 is 2.72 bits per heavy atom. The van der Waals surface area contributed by atoms with Crippen LogP contribution in [0.2, 0.25) is 0 Å². The molecular weight excluding hydrogens is 233 g/mol. The molecule has 0 spiro atoms. The summed E-state index contributed by atoms with van der Waals surface area (Å²) in [6, 6.07) is 6.55. The molecule has 3 nitrogen and oxygen atoms in total. The lowest BCUT2D eigenvalue weighted by molar-refractivity contribution is -0.137. The quantitative estimate of drug-likeness (QED) is 0.774. The third-order valence-corrected chi connectivity index (χ3v) is 2.79. The largest absolute Gasteiger partial charge is 0.481 e. The summed E-state index contributed by atoms with van der Waals surface area (Å²) in [5.74, 6) is -0.998. The smallest absolute Gasteiger partial charge is 0.304 e. The molecule has 18 heavy (non-hydrogen) atoms. The van der Waals surface area contributed by atoms with Crippen LogP contribution in [0.25, 0.3) is 0 Å². The molecule has 0 amide bonds. The molecule has 4 heteroatoms. The van der Waals surface area contributed by atoms with Crippen LogP contribution in [0.5, 0.6) is 0 Å². The maximum Gasteiger partial charge on any atom is 0.304 e. The van der Waals surface area contributed by atoms with Crippen LogP contribution in [0, 0.1) is 5.82 Å². The van der Waals surface area contributed by atoms with Crippen LogP contribution in [0.4, 0.5) is 4.39 Å². The predicted octanol–water partition coefficient (Wildman–Crippen LogP) is 2.55. The Labute approximate surface area is 107 Å². The van der Waals surface area contributed by atoms with Crippen molar-refractivity contribution in [2.45, 2.75) is 26.2 Å². The van der Waals surface area contributed by atoms with E-state index < -0.39 is 5.97 Å². The lowest BCUT2D eigenvalue weighted by Gasteiger charge is -2.20. The second kappa shape index (κ2) is 7.82. The first-order valence-corrected chi connectivity index (χ1v) is 6.30. The molecule has 1 aromatic rings. The monoisotopic (exact) mass is 253 g/mol. The average Bonchev–Trinajstić information content (AvgIpc) is 2.32. The van der Waals surface area contributed by atoms with Crippen LogP contribution in [0.3, 0.4) is 0 Å². The number of hydrogen-bond acceptors (Lipinski definition) is 2. The Bertz CT molecular complexity index is 382. The van der Waals surface area contributed by atoms with E-state index in [1.54, 1.807) is 6.07 Å². The summed E-state index contributed by atoms with van der Waals surface area (Å²) < 4.78 is 13.0. The van der Waals surface area contributed by atoms with Gasteiger partial charge in [-0.15, -0.1) is 0 Å². The zero-order valence-electron chi connectivity index (χ0n) is 10.7. The van der Waals surface area contributed by atoms with E-state index in [1.807, 2.05) is 6.07 Å². The number of rotatable bonds is 8. The standard InChI is InChI=1S/C14H20FNO2/c1-2-8-16(10-7-14(17)18)9-6-12-4-3-5-13(15)11-12/h3-5,11H,2,6-10H2,1H3,(H,17,18). The summed E-state index contributed by atoms with van der Waals surface area (Å²) in [5.41, 5.74) is 0.950. The van der Waals surface area contributed by atoms with Crippen LogP contribution >= 0.6 is 0 Å². The fourth-order valence-electron chi connectivity index (χ4n) is 1.89. The number of carboxylic acid groups (broad SMARTS) is 1. The number of carboxylic acids is 1. The molecule has 1 rings (SSSR count). The normalized spacial score (nSPS) is 10.8. The third kappa shape index (κ3) is 5.77. The van der Waals surface area contributed by atoms with Crippen molar-refractivity contribution < 1.29 is 14.3 Å². The Hall–Kier alpha value is -1.42. The van der Waals surface area contributed by atoms with E-state index in [9.17, 15) is 9.18 Å². The van der Waals surface area contributed by atoms with Gasteiger partial charge >= 0.3 is 5.97 Å². The van der Waals surface area contributed by atoms with Gasteiger partial charge in [-0.3, -0.25) is 4.79 Å². The summed E-state index contributed by atoms with van der Waals surface area (Å²) in [6.45, 7) is 4.27. The van der Waals surface area contributed by atoms with Gasteiger partial charge in [-0.1, -0.05) is 19.1 Å². The topological polar surface area (TPSA) is 40.5 Å². The molecule has 100 valence electrons. The Kier molecular flexibility index (Phi) is 6.36. The number of carbonyl (C=O) groups is 1. The lowest BCUT2D eigenvalue weighted by Crippen LogP contribution is -2.29. The van der Waals surface area contributed by atoms with Crippen LogP contribution in [-0.2, 0) is 11.2 Å². The molecule has 0 aliphatic carbocycles. The van der Waals surface area contributed by atoms with E-state index in [2.05, 4.69) is 11.8 Å².